The van der Waals surface area contributed by atoms with Crippen LogP contribution >= 0.6 is 0 Å². The number of carbonyl (C=O) groups excluding carboxylic acids is 2. The molecule has 0 bridgehead atoms. The van der Waals surface area contributed by atoms with E-state index in [2.05, 4.69) is 4.90 Å². The van der Waals surface area contributed by atoms with E-state index in [0.717, 1.165) is 30.5 Å². The lowest BCUT2D eigenvalue weighted by atomic mass is 10.1. The van der Waals surface area contributed by atoms with E-state index in [0.29, 0.717) is 31.7 Å². The van der Waals surface area contributed by atoms with Crippen molar-refractivity contribution in [3.63, 3.8) is 0 Å². The highest BCUT2D eigenvalue weighted by atomic mass is 16.5. The summed E-state index contributed by atoms with van der Waals surface area (Å²) in [6.45, 7) is 4.12. The Labute approximate surface area is 172 Å². The summed E-state index contributed by atoms with van der Waals surface area (Å²) in [6, 6.07) is 14.6. The van der Waals surface area contributed by atoms with E-state index < -0.39 is 0 Å². The zero-order valence-corrected chi connectivity index (χ0v) is 17.1. The van der Waals surface area contributed by atoms with Gasteiger partial charge in [0.25, 0.3) is 0 Å². The second kappa shape index (κ2) is 11.9. The maximum atomic E-state index is 11.8. The summed E-state index contributed by atoms with van der Waals surface area (Å²) in [5, 5.41) is 10.1. The molecule has 1 N–H and O–H groups in total. The Morgan fingerprint density at radius 1 is 1.03 bits per heavy atom. The largest absolute Gasteiger partial charge is 0.508 e. The van der Waals surface area contributed by atoms with Crippen molar-refractivity contribution >= 4 is 11.9 Å². The van der Waals surface area contributed by atoms with Gasteiger partial charge in [-0.15, -0.1) is 0 Å². The number of methoxy groups -OCH3 is 1. The number of carbonyl (C=O) groups is 2. The molecule has 0 unspecified atom stereocenters. The van der Waals surface area contributed by atoms with E-state index in [1.54, 1.807) is 25.1 Å². The monoisotopic (exact) mass is 399 g/mol. The standard InChI is InChI=1S/C23H29NO5/c1-3-29-22(26)13-6-7-14-24(17-20-10-4-5-12-21(20)25)16-18-9-8-11-19(15-18)23(27)28-2/h4-5,8-12,15,25H,3,6-7,13-14,16-17H2,1-2H3. The van der Waals surface area contributed by atoms with E-state index in [9.17, 15) is 14.7 Å². The highest BCUT2D eigenvalue weighted by molar-refractivity contribution is 5.89. The number of hydrogen-bond donors (Lipinski definition) is 1. The average molecular weight is 399 g/mol. The SMILES string of the molecule is CCOC(=O)CCCCN(Cc1cccc(C(=O)OC)c1)Cc1ccccc1O. The Bertz CT molecular complexity index is 805. The number of aromatic hydroxyl groups is 1. The Morgan fingerprint density at radius 2 is 1.83 bits per heavy atom. The number of benzene rings is 2. The Morgan fingerprint density at radius 3 is 2.55 bits per heavy atom. The predicted molar refractivity (Wildman–Crippen MR) is 110 cm³/mol. The van der Waals surface area contributed by atoms with Crippen LogP contribution in [0, 0.1) is 0 Å². The summed E-state index contributed by atoms with van der Waals surface area (Å²) in [6.07, 6.45) is 1.96. The minimum Gasteiger partial charge on any atom is -0.508 e. The van der Waals surface area contributed by atoms with Crippen LogP contribution in [0.2, 0.25) is 0 Å². The minimum atomic E-state index is -0.367. The number of unbranched alkanes of at least 4 members (excludes halogenated alkanes) is 1. The molecule has 0 heterocycles. The third-order valence-corrected chi connectivity index (χ3v) is 4.55. The lowest BCUT2D eigenvalue weighted by molar-refractivity contribution is -0.143. The number of para-hydroxylation sites is 1. The van der Waals surface area contributed by atoms with Crippen LogP contribution in [-0.4, -0.2) is 42.2 Å². The number of rotatable bonds is 11. The van der Waals surface area contributed by atoms with E-state index in [-0.39, 0.29) is 17.7 Å². The summed E-state index contributed by atoms with van der Waals surface area (Å²) in [7, 11) is 1.36. The van der Waals surface area contributed by atoms with Crippen LogP contribution < -0.4 is 0 Å². The van der Waals surface area contributed by atoms with Gasteiger partial charge in [-0.25, -0.2) is 4.79 Å². The number of phenols is 1. The third kappa shape index (κ3) is 7.58. The van der Waals surface area contributed by atoms with E-state index in [1.165, 1.54) is 7.11 Å². The number of ether oxygens (including phenoxy) is 2. The van der Waals surface area contributed by atoms with Crippen molar-refractivity contribution < 1.29 is 24.2 Å². The summed E-state index contributed by atoms with van der Waals surface area (Å²) in [4.78, 5) is 25.5. The molecular weight excluding hydrogens is 370 g/mol. The van der Waals surface area contributed by atoms with Crippen LogP contribution in [0.1, 0.15) is 47.7 Å². The van der Waals surface area contributed by atoms with Gasteiger partial charge >= 0.3 is 11.9 Å². The first-order valence-electron chi connectivity index (χ1n) is 9.85. The quantitative estimate of drug-likeness (QED) is 0.456. The Balaban J connectivity index is 2.05. The lowest BCUT2D eigenvalue weighted by Gasteiger charge is -2.23. The van der Waals surface area contributed by atoms with E-state index >= 15 is 0 Å². The first kappa shape index (κ1) is 22.4. The molecule has 0 amide bonds. The summed E-state index contributed by atoms with van der Waals surface area (Å²) < 4.78 is 9.77. The highest BCUT2D eigenvalue weighted by Gasteiger charge is 2.12. The van der Waals surface area contributed by atoms with Crippen LogP contribution in [0.5, 0.6) is 5.75 Å². The Kier molecular flexibility index (Phi) is 9.18. The maximum Gasteiger partial charge on any atom is 0.337 e. The molecule has 0 aliphatic carbocycles. The van der Waals surface area contributed by atoms with Crippen LogP contribution in [0.25, 0.3) is 0 Å². The van der Waals surface area contributed by atoms with Gasteiger partial charge in [0.2, 0.25) is 0 Å². The van der Waals surface area contributed by atoms with Gasteiger partial charge in [-0.2, -0.15) is 0 Å². The van der Waals surface area contributed by atoms with Gasteiger partial charge < -0.3 is 14.6 Å². The molecule has 0 aromatic heterocycles. The molecule has 29 heavy (non-hydrogen) atoms. The van der Waals surface area contributed by atoms with Gasteiger partial charge in [-0.3, -0.25) is 9.69 Å². The van der Waals surface area contributed by atoms with Crippen molar-refractivity contribution in [1.29, 1.82) is 0 Å². The molecule has 0 saturated heterocycles. The van der Waals surface area contributed by atoms with Gasteiger partial charge in [0.1, 0.15) is 5.75 Å². The number of hydrogen-bond acceptors (Lipinski definition) is 6. The Hall–Kier alpha value is -2.86. The molecular formula is C23H29NO5. The molecule has 2 aromatic carbocycles. The molecule has 0 saturated carbocycles. The topological polar surface area (TPSA) is 76.1 Å². The van der Waals surface area contributed by atoms with Crippen molar-refractivity contribution in [2.24, 2.45) is 0 Å². The molecule has 0 aliphatic heterocycles. The summed E-state index contributed by atoms with van der Waals surface area (Å²) in [5.74, 6) is -0.286. The van der Waals surface area contributed by atoms with Gasteiger partial charge in [-0.05, 0) is 50.1 Å². The molecule has 2 rings (SSSR count). The fraction of sp³-hybridized carbons (Fsp3) is 0.391. The molecule has 0 fully saturated rings. The van der Waals surface area contributed by atoms with Crippen molar-refractivity contribution in [2.45, 2.75) is 39.3 Å². The average Bonchev–Trinajstić information content (AvgIpc) is 2.72. The molecule has 2 aromatic rings. The van der Waals surface area contributed by atoms with Gasteiger partial charge in [0.15, 0.2) is 0 Å². The molecule has 6 heteroatoms. The molecule has 0 aliphatic rings. The molecule has 6 nitrogen and oxygen atoms in total. The zero-order chi connectivity index (χ0) is 21.1. The summed E-state index contributed by atoms with van der Waals surface area (Å²) in [5.41, 5.74) is 2.32. The lowest BCUT2D eigenvalue weighted by Crippen LogP contribution is -2.24. The number of esters is 2. The number of phenolic OH excluding ortho intramolecular Hbond substituents is 1. The molecule has 0 radical (unpaired) electrons. The van der Waals surface area contributed by atoms with Gasteiger partial charge in [-0.1, -0.05) is 30.3 Å². The number of nitrogens with zero attached hydrogens (tertiary/aromatic N) is 1. The first-order valence-corrected chi connectivity index (χ1v) is 9.85. The van der Waals surface area contributed by atoms with Crippen molar-refractivity contribution in [1.82, 2.24) is 4.90 Å². The second-order valence-electron chi connectivity index (χ2n) is 6.79. The minimum absolute atomic E-state index is 0.175. The van der Waals surface area contributed by atoms with Crippen molar-refractivity contribution in [3.8, 4) is 5.75 Å². The predicted octanol–water partition coefficient (Wildman–Crippen LogP) is 3.91. The highest BCUT2D eigenvalue weighted by Crippen LogP contribution is 2.20. The maximum absolute atomic E-state index is 11.8. The fourth-order valence-electron chi connectivity index (χ4n) is 3.11. The van der Waals surface area contributed by atoms with Crippen molar-refractivity contribution in [2.75, 3.05) is 20.3 Å². The van der Waals surface area contributed by atoms with Crippen LogP contribution in [-0.2, 0) is 27.4 Å². The van der Waals surface area contributed by atoms with Crippen LogP contribution in [0.3, 0.4) is 0 Å². The van der Waals surface area contributed by atoms with E-state index in [1.807, 2.05) is 30.3 Å². The van der Waals surface area contributed by atoms with Crippen molar-refractivity contribution in [3.05, 3.63) is 65.2 Å². The third-order valence-electron chi connectivity index (χ3n) is 4.55. The van der Waals surface area contributed by atoms with Gasteiger partial charge in [0.05, 0.1) is 19.3 Å². The molecule has 0 spiro atoms. The zero-order valence-electron chi connectivity index (χ0n) is 17.1. The normalized spacial score (nSPS) is 10.7. The summed E-state index contributed by atoms with van der Waals surface area (Å²) >= 11 is 0. The molecule has 0 atom stereocenters. The second-order valence-corrected chi connectivity index (χ2v) is 6.79. The van der Waals surface area contributed by atoms with Crippen LogP contribution in [0.4, 0.5) is 0 Å². The van der Waals surface area contributed by atoms with Gasteiger partial charge in [0, 0.05) is 25.1 Å². The van der Waals surface area contributed by atoms with E-state index in [4.69, 9.17) is 9.47 Å². The fourth-order valence-corrected chi connectivity index (χ4v) is 3.11. The smallest absolute Gasteiger partial charge is 0.337 e. The first-order chi connectivity index (χ1) is 14.0. The molecule has 156 valence electrons. The van der Waals surface area contributed by atoms with Crippen LogP contribution in [0.15, 0.2) is 48.5 Å².